The minimum atomic E-state index is 0.140. The molecule has 0 N–H and O–H groups in total. The van der Waals surface area contributed by atoms with Crippen LogP contribution in [0, 0.1) is 0 Å². The van der Waals surface area contributed by atoms with E-state index in [9.17, 15) is 0 Å². The minimum Gasteiger partial charge on any atom is -0.382 e. The van der Waals surface area contributed by atoms with Crippen LogP contribution in [-0.4, -0.2) is 32.5 Å². The van der Waals surface area contributed by atoms with Crippen molar-refractivity contribution in [3.8, 4) is 0 Å². The number of rotatable bonds is 6. The highest BCUT2D eigenvalue weighted by atomic mass is 35.5. The Bertz CT molecular complexity index is 391. The van der Waals surface area contributed by atoms with Crippen molar-refractivity contribution in [3.63, 3.8) is 0 Å². The molecular formula is C14H18Cl2O3. The molecule has 1 fully saturated rings. The first-order chi connectivity index (χ1) is 9.20. The standard InChI is InChI=1S/C14H18Cl2O3/c1-17-7-10-5-6-11(19-10)8-18-9-12-13(15)3-2-4-14(12)16/h2-4,10-11H,5-9H2,1H3. The van der Waals surface area contributed by atoms with Crippen LogP contribution in [-0.2, 0) is 20.8 Å². The molecule has 106 valence electrons. The van der Waals surface area contributed by atoms with E-state index in [0.717, 1.165) is 18.4 Å². The maximum Gasteiger partial charge on any atom is 0.0814 e. The zero-order valence-electron chi connectivity index (χ0n) is 10.9. The first-order valence-corrected chi connectivity index (χ1v) is 7.11. The second-order valence-electron chi connectivity index (χ2n) is 4.63. The Morgan fingerprint density at radius 3 is 2.42 bits per heavy atom. The summed E-state index contributed by atoms with van der Waals surface area (Å²) in [4.78, 5) is 0. The summed E-state index contributed by atoms with van der Waals surface area (Å²) < 4.78 is 16.5. The van der Waals surface area contributed by atoms with Gasteiger partial charge >= 0.3 is 0 Å². The van der Waals surface area contributed by atoms with Crippen molar-refractivity contribution < 1.29 is 14.2 Å². The van der Waals surface area contributed by atoms with Crippen molar-refractivity contribution in [3.05, 3.63) is 33.8 Å². The highest BCUT2D eigenvalue weighted by molar-refractivity contribution is 6.35. The summed E-state index contributed by atoms with van der Waals surface area (Å²) in [5.41, 5.74) is 0.831. The van der Waals surface area contributed by atoms with Gasteiger partial charge in [0, 0.05) is 22.7 Å². The maximum absolute atomic E-state index is 6.08. The third-order valence-electron chi connectivity index (χ3n) is 3.16. The molecule has 19 heavy (non-hydrogen) atoms. The second kappa shape index (κ2) is 7.46. The molecule has 1 aromatic rings. The molecule has 3 nitrogen and oxygen atoms in total. The van der Waals surface area contributed by atoms with Crippen LogP contribution in [0.4, 0.5) is 0 Å². The number of benzene rings is 1. The Kier molecular flexibility index (Phi) is 5.92. The van der Waals surface area contributed by atoms with Crippen LogP contribution in [0.25, 0.3) is 0 Å². The fraction of sp³-hybridized carbons (Fsp3) is 0.571. The lowest BCUT2D eigenvalue weighted by Gasteiger charge is -2.14. The third kappa shape index (κ3) is 4.33. The Labute approximate surface area is 123 Å². The van der Waals surface area contributed by atoms with E-state index < -0.39 is 0 Å². The fourth-order valence-electron chi connectivity index (χ4n) is 2.17. The number of hydrogen-bond acceptors (Lipinski definition) is 3. The van der Waals surface area contributed by atoms with E-state index in [4.69, 9.17) is 37.4 Å². The Hall–Kier alpha value is -0.320. The number of methoxy groups -OCH3 is 1. The summed E-state index contributed by atoms with van der Waals surface area (Å²) in [6, 6.07) is 5.45. The minimum absolute atomic E-state index is 0.140. The molecular weight excluding hydrogens is 287 g/mol. The molecule has 0 aliphatic carbocycles. The van der Waals surface area contributed by atoms with Gasteiger partial charge in [0.05, 0.1) is 32.0 Å². The van der Waals surface area contributed by atoms with E-state index >= 15 is 0 Å². The number of ether oxygens (including phenoxy) is 3. The van der Waals surface area contributed by atoms with Gasteiger partial charge in [-0.15, -0.1) is 0 Å². The molecule has 2 rings (SSSR count). The molecule has 0 spiro atoms. The number of halogens is 2. The first-order valence-electron chi connectivity index (χ1n) is 6.35. The van der Waals surface area contributed by atoms with E-state index in [1.807, 2.05) is 18.2 Å². The van der Waals surface area contributed by atoms with E-state index in [0.29, 0.717) is 29.9 Å². The zero-order chi connectivity index (χ0) is 13.7. The van der Waals surface area contributed by atoms with E-state index in [1.165, 1.54) is 0 Å². The monoisotopic (exact) mass is 304 g/mol. The maximum atomic E-state index is 6.08. The van der Waals surface area contributed by atoms with Crippen LogP contribution in [0.5, 0.6) is 0 Å². The SMILES string of the molecule is COCC1CCC(COCc2c(Cl)cccc2Cl)O1. The van der Waals surface area contributed by atoms with Gasteiger partial charge in [-0.25, -0.2) is 0 Å². The van der Waals surface area contributed by atoms with Crippen LogP contribution >= 0.6 is 23.2 Å². The van der Waals surface area contributed by atoms with Crippen molar-refractivity contribution >= 4 is 23.2 Å². The Morgan fingerprint density at radius 2 is 1.79 bits per heavy atom. The fourth-order valence-corrected chi connectivity index (χ4v) is 2.68. The van der Waals surface area contributed by atoms with Crippen LogP contribution in [0.15, 0.2) is 18.2 Å². The lowest BCUT2D eigenvalue weighted by Crippen LogP contribution is -2.19. The summed E-state index contributed by atoms with van der Waals surface area (Å²) in [5, 5.41) is 1.27. The normalized spacial score (nSPS) is 22.9. The molecule has 0 bridgehead atoms. The van der Waals surface area contributed by atoms with Crippen molar-refractivity contribution in [1.29, 1.82) is 0 Å². The highest BCUT2D eigenvalue weighted by Crippen LogP contribution is 2.26. The quantitative estimate of drug-likeness (QED) is 0.802. The molecule has 1 aromatic carbocycles. The van der Waals surface area contributed by atoms with Crippen LogP contribution in [0.1, 0.15) is 18.4 Å². The zero-order valence-corrected chi connectivity index (χ0v) is 12.4. The predicted octanol–water partition coefficient (Wildman–Crippen LogP) is 3.70. The summed E-state index contributed by atoms with van der Waals surface area (Å²) >= 11 is 12.2. The highest BCUT2D eigenvalue weighted by Gasteiger charge is 2.25. The molecule has 2 atom stereocenters. The van der Waals surface area contributed by atoms with Gasteiger partial charge in [0.2, 0.25) is 0 Å². The Balaban J connectivity index is 1.75. The molecule has 1 saturated heterocycles. The van der Waals surface area contributed by atoms with Crippen LogP contribution in [0.3, 0.4) is 0 Å². The molecule has 2 unspecified atom stereocenters. The predicted molar refractivity (Wildman–Crippen MR) is 75.9 cm³/mol. The Morgan fingerprint density at radius 1 is 1.16 bits per heavy atom. The van der Waals surface area contributed by atoms with Gasteiger partial charge in [0.1, 0.15) is 0 Å². The molecule has 1 aliphatic rings. The van der Waals surface area contributed by atoms with Gasteiger partial charge in [-0.3, -0.25) is 0 Å². The molecule has 1 aliphatic heterocycles. The summed E-state index contributed by atoms with van der Waals surface area (Å²) in [5.74, 6) is 0. The van der Waals surface area contributed by atoms with E-state index in [2.05, 4.69) is 0 Å². The lowest BCUT2D eigenvalue weighted by molar-refractivity contribution is -0.0413. The molecule has 0 aromatic heterocycles. The van der Waals surface area contributed by atoms with Gasteiger partial charge in [0.15, 0.2) is 0 Å². The van der Waals surface area contributed by atoms with Gasteiger partial charge in [-0.1, -0.05) is 29.3 Å². The van der Waals surface area contributed by atoms with Crippen molar-refractivity contribution in [1.82, 2.24) is 0 Å². The second-order valence-corrected chi connectivity index (χ2v) is 5.44. The topological polar surface area (TPSA) is 27.7 Å². The average Bonchev–Trinajstić information content (AvgIpc) is 2.81. The largest absolute Gasteiger partial charge is 0.382 e. The molecule has 5 heteroatoms. The molecule has 0 radical (unpaired) electrons. The average molecular weight is 305 g/mol. The smallest absolute Gasteiger partial charge is 0.0814 e. The van der Waals surface area contributed by atoms with Crippen molar-refractivity contribution in [2.45, 2.75) is 31.7 Å². The van der Waals surface area contributed by atoms with Gasteiger partial charge in [-0.2, -0.15) is 0 Å². The van der Waals surface area contributed by atoms with Crippen LogP contribution < -0.4 is 0 Å². The van der Waals surface area contributed by atoms with Crippen LogP contribution in [0.2, 0.25) is 10.0 Å². The van der Waals surface area contributed by atoms with Gasteiger partial charge < -0.3 is 14.2 Å². The van der Waals surface area contributed by atoms with Gasteiger partial charge in [0.25, 0.3) is 0 Å². The third-order valence-corrected chi connectivity index (χ3v) is 3.87. The summed E-state index contributed by atoms with van der Waals surface area (Å²) in [6.07, 6.45) is 2.36. The van der Waals surface area contributed by atoms with E-state index in [-0.39, 0.29) is 12.2 Å². The van der Waals surface area contributed by atoms with E-state index in [1.54, 1.807) is 7.11 Å². The van der Waals surface area contributed by atoms with Crippen molar-refractivity contribution in [2.75, 3.05) is 20.3 Å². The van der Waals surface area contributed by atoms with Crippen molar-refractivity contribution in [2.24, 2.45) is 0 Å². The first kappa shape index (κ1) is 15.1. The lowest BCUT2D eigenvalue weighted by atomic mass is 10.2. The molecule has 1 heterocycles. The van der Waals surface area contributed by atoms with Gasteiger partial charge in [-0.05, 0) is 25.0 Å². The molecule has 0 amide bonds. The number of hydrogen-bond donors (Lipinski definition) is 0. The summed E-state index contributed by atoms with van der Waals surface area (Å²) in [7, 11) is 1.69. The summed E-state index contributed by atoms with van der Waals surface area (Å²) in [6.45, 7) is 1.61. The molecule has 0 saturated carbocycles.